The van der Waals surface area contributed by atoms with Crippen LogP contribution in [0.3, 0.4) is 0 Å². The van der Waals surface area contributed by atoms with E-state index in [-0.39, 0.29) is 0 Å². The first-order chi connectivity index (χ1) is 11.5. The predicted molar refractivity (Wildman–Crippen MR) is 109 cm³/mol. The Balaban J connectivity index is 2.94. The molecule has 132 valence electrons. The highest BCUT2D eigenvalue weighted by Crippen LogP contribution is 2.32. The fourth-order valence-electron chi connectivity index (χ4n) is 3.38. The third-order valence-electron chi connectivity index (χ3n) is 4.99. The Morgan fingerprint density at radius 1 is 1.17 bits per heavy atom. The first-order valence-electron chi connectivity index (χ1n) is 9.55. The van der Waals surface area contributed by atoms with Crippen LogP contribution in [-0.4, -0.2) is 0 Å². The molecule has 1 aromatic rings. The van der Waals surface area contributed by atoms with Gasteiger partial charge in [0, 0.05) is 0 Å². The molecule has 0 aliphatic carbocycles. The molecule has 0 fully saturated rings. The lowest BCUT2D eigenvalue weighted by atomic mass is 9.80. The minimum absolute atomic E-state index is 0.613. The summed E-state index contributed by atoms with van der Waals surface area (Å²) in [6.07, 6.45) is 12.5. The van der Waals surface area contributed by atoms with Gasteiger partial charge in [0.05, 0.1) is 0 Å². The van der Waals surface area contributed by atoms with Crippen LogP contribution in [0.5, 0.6) is 0 Å². The number of aryl methyl sites for hydroxylation is 2. The van der Waals surface area contributed by atoms with E-state index in [0.29, 0.717) is 11.8 Å². The summed E-state index contributed by atoms with van der Waals surface area (Å²) in [5, 5.41) is 0. The van der Waals surface area contributed by atoms with Crippen molar-refractivity contribution < 1.29 is 0 Å². The van der Waals surface area contributed by atoms with Crippen LogP contribution in [-0.2, 0) is 6.42 Å². The molecule has 0 heterocycles. The molecule has 1 aromatic carbocycles. The van der Waals surface area contributed by atoms with Crippen molar-refractivity contribution in [2.75, 3.05) is 0 Å². The highest BCUT2D eigenvalue weighted by Gasteiger charge is 2.19. The van der Waals surface area contributed by atoms with E-state index in [9.17, 15) is 0 Å². The summed E-state index contributed by atoms with van der Waals surface area (Å²) in [4.78, 5) is 0. The molecule has 0 radical (unpaired) electrons. The van der Waals surface area contributed by atoms with Gasteiger partial charge in [0.2, 0.25) is 0 Å². The Kier molecular flexibility index (Phi) is 9.45. The fourth-order valence-corrected chi connectivity index (χ4v) is 3.38. The third-order valence-corrected chi connectivity index (χ3v) is 4.99. The largest absolute Gasteiger partial charge is 0.0991 e. The molecule has 0 saturated carbocycles. The molecule has 0 amide bonds. The van der Waals surface area contributed by atoms with Crippen LogP contribution in [0.1, 0.15) is 64.5 Å². The zero-order chi connectivity index (χ0) is 17.9. The van der Waals surface area contributed by atoms with Gasteiger partial charge in [-0.15, -0.1) is 0 Å². The lowest BCUT2D eigenvalue weighted by Gasteiger charge is -2.25. The average molecular weight is 325 g/mol. The number of hydrogen-bond acceptors (Lipinski definition) is 0. The zero-order valence-corrected chi connectivity index (χ0v) is 16.4. The standard InChI is InChI=1S/C24H36/c1-7-10-20(5)18-23(24(11-8-2)21(6)9-3)17-16-22-14-12-19(4)13-15-22/h8,10-15,21,23H,2,7,9,16-18H2,1,3-6H3/b20-10-,24-11+. The minimum atomic E-state index is 0.613. The van der Waals surface area contributed by atoms with Crippen molar-refractivity contribution in [3.8, 4) is 0 Å². The van der Waals surface area contributed by atoms with E-state index in [1.54, 1.807) is 5.57 Å². The Morgan fingerprint density at radius 3 is 2.38 bits per heavy atom. The van der Waals surface area contributed by atoms with Crippen molar-refractivity contribution in [1.29, 1.82) is 0 Å². The van der Waals surface area contributed by atoms with E-state index in [0.717, 1.165) is 12.8 Å². The molecule has 24 heavy (non-hydrogen) atoms. The van der Waals surface area contributed by atoms with E-state index in [1.807, 2.05) is 6.08 Å². The third kappa shape index (κ3) is 6.91. The van der Waals surface area contributed by atoms with E-state index >= 15 is 0 Å². The summed E-state index contributed by atoms with van der Waals surface area (Å²) in [6.45, 7) is 15.2. The Bertz CT molecular complexity index is 542. The van der Waals surface area contributed by atoms with Gasteiger partial charge in [-0.05, 0) is 63.4 Å². The van der Waals surface area contributed by atoms with Gasteiger partial charge >= 0.3 is 0 Å². The molecule has 0 bridgehead atoms. The van der Waals surface area contributed by atoms with Gasteiger partial charge in [-0.25, -0.2) is 0 Å². The average Bonchev–Trinajstić information content (AvgIpc) is 2.57. The molecule has 0 N–H and O–H groups in total. The molecule has 0 spiro atoms. The second-order valence-corrected chi connectivity index (χ2v) is 7.10. The Morgan fingerprint density at radius 2 is 1.83 bits per heavy atom. The van der Waals surface area contributed by atoms with Crippen molar-refractivity contribution in [2.24, 2.45) is 11.8 Å². The summed E-state index contributed by atoms with van der Waals surface area (Å²) in [5.74, 6) is 1.24. The van der Waals surface area contributed by atoms with Gasteiger partial charge in [-0.3, -0.25) is 0 Å². The van der Waals surface area contributed by atoms with Gasteiger partial charge in [0.15, 0.2) is 0 Å². The van der Waals surface area contributed by atoms with Crippen LogP contribution in [0.15, 0.2) is 60.2 Å². The smallest absolute Gasteiger partial charge is 0.0157 e. The van der Waals surface area contributed by atoms with Crippen molar-refractivity contribution in [3.05, 3.63) is 71.3 Å². The molecule has 0 aliphatic heterocycles. The fraction of sp³-hybridized carbons (Fsp3) is 0.500. The molecule has 0 aliphatic rings. The van der Waals surface area contributed by atoms with Gasteiger partial charge in [0.1, 0.15) is 0 Å². The van der Waals surface area contributed by atoms with E-state index in [4.69, 9.17) is 0 Å². The lowest BCUT2D eigenvalue weighted by molar-refractivity contribution is 0.478. The van der Waals surface area contributed by atoms with Crippen molar-refractivity contribution >= 4 is 0 Å². The molecule has 2 atom stereocenters. The molecule has 2 unspecified atom stereocenters. The summed E-state index contributed by atoms with van der Waals surface area (Å²) in [5.41, 5.74) is 5.88. The normalized spacial score (nSPS) is 15.2. The second-order valence-electron chi connectivity index (χ2n) is 7.10. The molecule has 0 aromatic heterocycles. The predicted octanol–water partition coefficient (Wildman–Crippen LogP) is 7.45. The molecule has 0 saturated heterocycles. The maximum Gasteiger partial charge on any atom is -0.0157 e. The quantitative estimate of drug-likeness (QED) is 0.310. The van der Waals surface area contributed by atoms with Crippen LogP contribution in [0.4, 0.5) is 0 Å². The number of hydrogen-bond donors (Lipinski definition) is 0. The highest BCUT2D eigenvalue weighted by atomic mass is 14.2. The summed E-state index contributed by atoms with van der Waals surface area (Å²) < 4.78 is 0. The van der Waals surface area contributed by atoms with Crippen molar-refractivity contribution in [3.63, 3.8) is 0 Å². The van der Waals surface area contributed by atoms with Gasteiger partial charge in [-0.2, -0.15) is 0 Å². The minimum Gasteiger partial charge on any atom is -0.0991 e. The molecule has 0 nitrogen and oxygen atoms in total. The summed E-state index contributed by atoms with van der Waals surface area (Å²) in [6, 6.07) is 9.01. The first-order valence-corrected chi connectivity index (χ1v) is 9.55. The molecular weight excluding hydrogens is 288 g/mol. The zero-order valence-electron chi connectivity index (χ0n) is 16.4. The van der Waals surface area contributed by atoms with E-state index in [2.05, 4.69) is 77.6 Å². The van der Waals surface area contributed by atoms with Gasteiger partial charge in [0.25, 0.3) is 0 Å². The Labute approximate surface area is 150 Å². The maximum absolute atomic E-state index is 3.95. The first kappa shape index (κ1) is 20.5. The summed E-state index contributed by atoms with van der Waals surface area (Å²) >= 11 is 0. The number of allylic oxidation sites excluding steroid dienone is 5. The molecular formula is C24H36. The number of benzene rings is 1. The van der Waals surface area contributed by atoms with Crippen molar-refractivity contribution in [2.45, 2.75) is 66.7 Å². The van der Waals surface area contributed by atoms with Crippen LogP contribution in [0.2, 0.25) is 0 Å². The second kappa shape index (κ2) is 11.1. The van der Waals surface area contributed by atoms with E-state index in [1.165, 1.54) is 36.0 Å². The van der Waals surface area contributed by atoms with Crippen LogP contribution in [0, 0.1) is 18.8 Å². The van der Waals surface area contributed by atoms with E-state index < -0.39 is 0 Å². The maximum atomic E-state index is 3.95. The van der Waals surface area contributed by atoms with Crippen LogP contribution < -0.4 is 0 Å². The van der Waals surface area contributed by atoms with Gasteiger partial charge in [-0.1, -0.05) is 86.6 Å². The lowest BCUT2D eigenvalue weighted by Crippen LogP contribution is -2.13. The summed E-state index contributed by atoms with van der Waals surface area (Å²) in [7, 11) is 0. The number of rotatable bonds is 10. The molecule has 0 heteroatoms. The van der Waals surface area contributed by atoms with Crippen molar-refractivity contribution in [1.82, 2.24) is 0 Å². The highest BCUT2D eigenvalue weighted by molar-refractivity contribution is 5.23. The van der Waals surface area contributed by atoms with Gasteiger partial charge < -0.3 is 0 Å². The topological polar surface area (TPSA) is 0 Å². The van der Waals surface area contributed by atoms with Crippen LogP contribution in [0.25, 0.3) is 0 Å². The van der Waals surface area contributed by atoms with Crippen LogP contribution >= 0.6 is 0 Å². The Hall–Kier alpha value is -1.56. The molecule has 1 rings (SSSR count). The monoisotopic (exact) mass is 324 g/mol. The SMILES string of the molecule is C=C/C=C(\C(C)CC)C(CCc1ccc(C)cc1)C/C(C)=C\CC.